The summed E-state index contributed by atoms with van der Waals surface area (Å²) in [6.45, 7) is 17.4. The molecule has 21 heavy (non-hydrogen) atoms. The van der Waals surface area contributed by atoms with Crippen LogP contribution in [0.1, 0.15) is 113 Å². The van der Waals surface area contributed by atoms with Crippen molar-refractivity contribution in [2.75, 3.05) is 13.1 Å². The van der Waals surface area contributed by atoms with Gasteiger partial charge in [0.15, 0.2) is 0 Å². The summed E-state index contributed by atoms with van der Waals surface area (Å²) >= 11 is 0. The number of hydrogen-bond donors (Lipinski definition) is 1. The molecular formula is C20H47N. The Labute approximate surface area is 137 Å². The van der Waals surface area contributed by atoms with Crippen molar-refractivity contribution in [1.82, 2.24) is 5.32 Å². The van der Waals surface area contributed by atoms with Gasteiger partial charge in [0.2, 0.25) is 0 Å². The fourth-order valence-electron chi connectivity index (χ4n) is 2.22. The Morgan fingerprint density at radius 2 is 1.14 bits per heavy atom. The van der Waals surface area contributed by atoms with E-state index in [1.165, 1.54) is 77.3 Å². The number of nitrogens with one attached hydrogen (secondary N) is 1. The van der Waals surface area contributed by atoms with E-state index < -0.39 is 0 Å². The summed E-state index contributed by atoms with van der Waals surface area (Å²) in [5.41, 5.74) is 0. The summed E-state index contributed by atoms with van der Waals surface area (Å²) in [4.78, 5) is 0. The molecule has 0 aliphatic rings. The topological polar surface area (TPSA) is 12.0 Å². The highest BCUT2D eigenvalue weighted by molar-refractivity contribution is 4.58. The summed E-state index contributed by atoms with van der Waals surface area (Å²) in [5.74, 6) is 0.863. The van der Waals surface area contributed by atoms with Gasteiger partial charge in [-0.25, -0.2) is 0 Å². The van der Waals surface area contributed by atoms with Gasteiger partial charge in [-0.3, -0.25) is 0 Å². The van der Waals surface area contributed by atoms with Crippen molar-refractivity contribution in [1.29, 1.82) is 0 Å². The molecule has 1 heteroatoms. The largest absolute Gasteiger partial charge is 0.316 e. The molecule has 1 N–H and O–H groups in total. The Morgan fingerprint density at radius 3 is 1.71 bits per heavy atom. The van der Waals surface area contributed by atoms with Crippen molar-refractivity contribution in [3.63, 3.8) is 0 Å². The van der Waals surface area contributed by atoms with E-state index in [2.05, 4.69) is 26.1 Å². The Morgan fingerprint density at radius 1 is 0.667 bits per heavy atom. The molecule has 0 fully saturated rings. The second-order valence-electron chi connectivity index (χ2n) is 5.57. The number of unbranched alkanes of at least 4 members (excludes halogenated alkanes) is 7. The minimum Gasteiger partial charge on any atom is -0.316 e. The molecule has 1 nitrogen and oxygen atoms in total. The van der Waals surface area contributed by atoms with E-state index in [1.807, 2.05) is 27.7 Å². The molecule has 1 atom stereocenters. The third-order valence-electron chi connectivity index (χ3n) is 3.50. The van der Waals surface area contributed by atoms with Gasteiger partial charge < -0.3 is 5.32 Å². The summed E-state index contributed by atoms with van der Waals surface area (Å²) in [6, 6.07) is 0. The number of rotatable bonds is 13. The normalized spacial score (nSPS) is 11.0. The van der Waals surface area contributed by atoms with Gasteiger partial charge in [0.25, 0.3) is 0 Å². The van der Waals surface area contributed by atoms with E-state index in [0.29, 0.717) is 0 Å². The van der Waals surface area contributed by atoms with Gasteiger partial charge in [0.05, 0.1) is 0 Å². The zero-order valence-electron chi connectivity index (χ0n) is 16.6. The second-order valence-corrected chi connectivity index (χ2v) is 5.57. The third kappa shape index (κ3) is 28.8. The average molecular weight is 302 g/mol. The lowest BCUT2D eigenvalue weighted by atomic mass is 10.0. The molecule has 0 aromatic carbocycles. The van der Waals surface area contributed by atoms with Crippen LogP contribution in [0, 0.1) is 5.92 Å². The first-order valence-electron chi connectivity index (χ1n) is 10.0. The van der Waals surface area contributed by atoms with E-state index >= 15 is 0 Å². The van der Waals surface area contributed by atoms with Crippen LogP contribution in [0.3, 0.4) is 0 Å². The summed E-state index contributed by atoms with van der Waals surface area (Å²) < 4.78 is 0. The second kappa shape index (κ2) is 28.2. The molecular weight excluding hydrogens is 254 g/mol. The average Bonchev–Trinajstić information content (AvgIpc) is 2.54. The first-order chi connectivity index (χ1) is 10.3. The number of hydrogen-bond acceptors (Lipinski definition) is 1. The molecule has 1 unspecified atom stereocenters. The summed E-state index contributed by atoms with van der Waals surface area (Å²) in [6.07, 6.45) is 14.0. The molecule has 0 rings (SSSR count). The van der Waals surface area contributed by atoms with Gasteiger partial charge in [-0.1, -0.05) is 99.8 Å². The highest BCUT2D eigenvalue weighted by Crippen LogP contribution is 2.08. The van der Waals surface area contributed by atoms with Crippen molar-refractivity contribution < 1.29 is 0 Å². The van der Waals surface area contributed by atoms with Crippen LogP contribution in [-0.2, 0) is 0 Å². The van der Waals surface area contributed by atoms with Gasteiger partial charge in [-0.2, -0.15) is 0 Å². The molecule has 0 heterocycles. The monoisotopic (exact) mass is 301 g/mol. The molecule has 0 spiro atoms. The molecule has 0 aliphatic carbocycles. The quantitative estimate of drug-likeness (QED) is 0.354. The van der Waals surface area contributed by atoms with Gasteiger partial charge in [0, 0.05) is 0 Å². The highest BCUT2D eigenvalue weighted by Gasteiger charge is 2.00. The first-order valence-corrected chi connectivity index (χ1v) is 10.0. The standard InChI is InChI=1S/C16H35N.2C2H6/c1-4-6-8-9-10-12-14-17-15-16(3)13-11-7-5-2;2*1-2/h16-17H,4-15H2,1-3H3;2*1-2H3. The SMILES string of the molecule is CC.CC.CCCCCCCCNCC(C)CCCCC. The van der Waals surface area contributed by atoms with Crippen LogP contribution in [0.4, 0.5) is 0 Å². The molecule has 0 amide bonds. The maximum Gasteiger partial charge on any atom is -0.00232 e. The van der Waals surface area contributed by atoms with Gasteiger partial charge in [-0.15, -0.1) is 0 Å². The predicted octanol–water partition coefficient (Wildman–Crippen LogP) is 7.21. The van der Waals surface area contributed by atoms with Crippen molar-refractivity contribution in [2.45, 2.75) is 113 Å². The molecule has 0 radical (unpaired) electrons. The van der Waals surface area contributed by atoms with Crippen molar-refractivity contribution in [3.05, 3.63) is 0 Å². The summed E-state index contributed by atoms with van der Waals surface area (Å²) in [7, 11) is 0. The van der Waals surface area contributed by atoms with Crippen LogP contribution in [0.25, 0.3) is 0 Å². The minimum absolute atomic E-state index is 0.863. The Bertz CT molecular complexity index is 134. The molecule has 0 bridgehead atoms. The van der Waals surface area contributed by atoms with Crippen molar-refractivity contribution >= 4 is 0 Å². The zero-order chi connectivity index (χ0) is 16.8. The third-order valence-corrected chi connectivity index (χ3v) is 3.50. The fraction of sp³-hybridized carbons (Fsp3) is 1.00. The predicted molar refractivity (Wildman–Crippen MR) is 102 cm³/mol. The van der Waals surface area contributed by atoms with E-state index in [-0.39, 0.29) is 0 Å². The minimum atomic E-state index is 0.863. The van der Waals surface area contributed by atoms with Crippen molar-refractivity contribution in [2.24, 2.45) is 5.92 Å². The molecule has 0 aromatic rings. The molecule has 132 valence electrons. The smallest absolute Gasteiger partial charge is 0.00232 e. The highest BCUT2D eigenvalue weighted by atomic mass is 14.8. The first kappa shape index (κ1) is 25.9. The lowest BCUT2D eigenvalue weighted by Gasteiger charge is -2.12. The van der Waals surface area contributed by atoms with Crippen LogP contribution in [0.15, 0.2) is 0 Å². The van der Waals surface area contributed by atoms with Gasteiger partial charge in [0.1, 0.15) is 0 Å². The molecule has 0 aliphatic heterocycles. The van der Waals surface area contributed by atoms with E-state index in [9.17, 15) is 0 Å². The van der Waals surface area contributed by atoms with Crippen LogP contribution in [0.5, 0.6) is 0 Å². The maximum atomic E-state index is 3.60. The summed E-state index contributed by atoms with van der Waals surface area (Å²) in [5, 5.41) is 3.60. The van der Waals surface area contributed by atoms with Crippen LogP contribution >= 0.6 is 0 Å². The Hall–Kier alpha value is -0.0400. The molecule has 0 saturated carbocycles. The zero-order valence-corrected chi connectivity index (χ0v) is 16.6. The maximum absolute atomic E-state index is 3.60. The van der Waals surface area contributed by atoms with Crippen LogP contribution in [-0.4, -0.2) is 13.1 Å². The van der Waals surface area contributed by atoms with Crippen molar-refractivity contribution in [3.8, 4) is 0 Å². The molecule has 0 saturated heterocycles. The Balaban J connectivity index is -0.000000739. The van der Waals surface area contributed by atoms with Gasteiger partial charge in [-0.05, 0) is 31.8 Å². The van der Waals surface area contributed by atoms with Crippen LogP contribution < -0.4 is 5.32 Å². The lowest BCUT2D eigenvalue weighted by molar-refractivity contribution is 0.451. The molecule has 0 aromatic heterocycles. The van der Waals surface area contributed by atoms with E-state index in [0.717, 1.165) is 5.92 Å². The van der Waals surface area contributed by atoms with Gasteiger partial charge >= 0.3 is 0 Å². The Kier molecular flexibility index (Phi) is 34.7. The fourth-order valence-corrected chi connectivity index (χ4v) is 2.22. The lowest BCUT2D eigenvalue weighted by Crippen LogP contribution is -2.22. The van der Waals surface area contributed by atoms with E-state index in [4.69, 9.17) is 0 Å². The van der Waals surface area contributed by atoms with Crippen LogP contribution in [0.2, 0.25) is 0 Å². The van der Waals surface area contributed by atoms with E-state index in [1.54, 1.807) is 0 Å².